The highest BCUT2D eigenvalue weighted by atomic mass is 35.5. The van der Waals surface area contributed by atoms with E-state index < -0.39 is 26.7 Å². The lowest BCUT2D eigenvalue weighted by atomic mass is 10.1. The van der Waals surface area contributed by atoms with Gasteiger partial charge in [-0.3, -0.25) is 0 Å². The summed E-state index contributed by atoms with van der Waals surface area (Å²) in [6, 6.07) is 2.18. The first-order valence-corrected chi connectivity index (χ1v) is 7.46. The molecule has 1 aliphatic heterocycles. The molecule has 2 rings (SSSR count). The van der Waals surface area contributed by atoms with Crippen LogP contribution in [0, 0.1) is 5.92 Å². The molecular formula is C11H11ClF3NO3S. The summed E-state index contributed by atoms with van der Waals surface area (Å²) in [7, 11) is -4.07. The molecule has 9 heteroatoms. The zero-order valence-corrected chi connectivity index (χ0v) is 11.6. The fourth-order valence-corrected chi connectivity index (χ4v) is 3.94. The maximum absolute atomic E-state index is 12.6. The molecule has 0 bridgehead atoms. The Labute approximate surface area is 118 Å². The molecule has 1 aromatic rings. The molecule has 0 unspecified atom stereocenters. The molecule has 4 nitrogen and oxygen atoms in total. The second-order valence-electron chi connectivity index (χ2n) is 4.51. The first kappa shape index (κ1) is 15.6. The molecule has 20 heavy (non-hydrogen) atoms. The highest BCUT2D eigenvalue weighted by molar-refractivity contribution is 7.89. The molecule has 0 amide bonds. The van der Waals surface area contributed by atoms with Crippen LogP contribution in [-0.2, 0) is 16.2 Å². The predicted octanol–water partition coefficient (Wildman–Crippen LogP) is 1.97. The van der Waals surface area contributed by atoms with Gasteiger partial charge >= 0.3 is 6.18 Å². The van der Waals surface area contributed by atoms with Crippen molar-refractivity contribution in [3.63, 3.8) is 0 Å². The highest BCUT2D eigenvalue weighted by Crippen LogP contribution is 2.35. The second-order valence-corrected chi connectivity index (χ2v) is 6.83. The van der Waals surface area contributed by atoms with Gasteiger partial charge in [-0.25, -0.2) is 8.42 Å². The summed E-state index contributed by atoms with van der Waals surface area (Å²) in [6.07, 6.45) is -4.64. The van der Waals surface area contributed by atoms with Crippen LogP contribution < -0.4 is 0 Å². The van der Waals surface area contributed by atoms with Gasteiger partial charge in [0.1, 0.15) is 4.90 Å². The molecule has 1 saturated heterocycles. The van der Waals surface area contributed by atoms with Crippen molar-refractivity contribution in [3.05, 3.63) is 28.8 Å². The van der Waals surface area contributed by atoms with Crippen LogP contribution in [0.25, 0.3) is 0 Å². The Bertz CT molecular complexity index is 612. The van der Waals surface area contributed by atoms with Gasteiger partial charge in [-0.2, -0.15) is 17.5 Å². The number of hydrogen-bond donors (Lipinski definition) is 1. The van der Waals surface area contributed by atoms with Gasteiger partial charge in [-0.15, -0.1) is 0 Å². The van der Waals surface area contributed by atoms with Crippen LogP contribution in [0.4, 0.5) is 13.2 Å². The summed E-state index contributed by atoms with van der Waals surface area (Å²) in [5.74, 6) is -0.186. The third-order valence-corrected chi connectivity index (χ3v) is 5.37. The Hall–Kier alpha value is -0.830. The molecule has 1 fully saturated rings. The predicted molar refractivity (Wildman–Crippen MR) is 65.8 cm³/mol. The number of sulfonamides is 1. The molecule has 0 spiro atoms. The van der Waals surface area contributed by atoms with Crippen molar-refractivity contribution in [1.29, 1.82) is 0 Å². The highest BCUT2D eigenvalue weighted by Gasteiger charge is 2.39. The smallest absolute Gasteiger partial charge is 0.396 e. The number of aliphatic hydroxyl groups is 1. The summed E-state index contributed by atoms with van der Waals surface area (Å²) in [5.41, 5.74) is -1.07. The fourth-order valence-electron chi connectivity index (χ4n) is 1.85. The van der Waals surface area contributed by atoms with Crippen molar-refractivity contribution in [3.8, 4) is 0 Å². The first-order valence-electron chi connectivity index (χ1n) is 5.64. The number of benzene rings is 1. The van der Waals surface area contributed by atoms with Crippen LogP contribution in [0.5, 0.6) is 0 Å². The maximum atomic E-state index is 12.6. The van der Waals surface area contributed by atoms with Crippen molar-refractivity contribution >= 4 is 21.6 Å². The molecule has 1 aliphatic rings. The van der Waals surface area contributed by atoms with E-state index in [0.29, 0.717) is 6.07 Å². The zero-order valence-electron chi connectivity index (χ0n) is 10.1. The summed E-state index contributed by atoms with van der Waals surface area (Å²) in [5, 5.41) is 8.59. The molecule has 0 aromatic heterocycles. The number of rotatable bonds is 3. The molecule has 0 atom stereocenters. The number of aliphatic hydroxyl groups excluding tert-OH is 1. The monoisotopic (exact) mass is 329 g/mol. The number of hydrogen-bond acceptors (Lipinski definition) is 3. The van der Waals surface area contributed by atoms with E-state index in [1.807, 2.05) is 0 Å². The quantitative estimate of drug-likeness (QED) is 0.922. The van der Waals surface area contributed by atoms with Crippen LogP contribution in [0.1, 0.15) is 5.56 Å². The summed E-state index contributed by atoms with van der Waals surface area (Å²) in [6.45, 7) is -0.0147. The molecule has 0 radical (unpaired) electrons. The standard InChI is InChI=1S/C11H11ClF3NO3S/c12-9-2-1-8(11(13,14)15)3-10(9)20(18,19)16-4-7(5-16)6-17/h1-3,7,17H,4-6H2. The molecule has 1 aromatic carbocycles. The van der Waals surface area contributed by atoms with E-state index in [1.54, 1.807) is 0 Å². The Morgan fingerprint density at radius 1 is 1.35 bits per heavy atom. The summed E-state index contributed by atoms with van der Waals surface area (Å²) in [4.78, 5) is -0.564. The zero-order chi connectivity index (χ0) is 15.1. The third kappa shape index (κ3) is 2.78. The second kappa shape index (κ2) is 5.18. The summed E-state index contributed by atoms with van der Waals surface area (Å²) < 4.78 is 63.2. The van der Waals surface area contributed by atoms with Crippen LogP contribution >= 0.6 is 11.6 Å². The molecule has 0 aliphatic carbocycles. The molecule has 1 N–H and O–H groups in total. The fraction of sp³-hybridized carbons (Fsp3) is 0.455. The van der Waals surface area contributed by atoms with Gasteiger partial charge < -0.3 is 5.11 Å². The topological polar surface area (TPSA) is 57.6 Å². The van der Waals surface area contributed by atoms with Crippen LogP contribution in [-0.4, -0.2) is 37.5 Å². The van der Waals surface area contributed by atoms with Gasteiger partial charge in [0.25, 0.3) is 0 Å². The number of alkyl halides is 3. The third-order valence-electron chi connectivity index (χ3n) is 3.06. The number of nitrogens with zero attached hydrogens (tertiary/aromatic N) is 1. The molecule has 112 valence electrons. The van der Waals surface area contributed by atoms with Crippen molar-refractivity contribution in [2.75, 3.05) is 19.7 Å². The number of halogens is 4. The molecular weight excluding hydrogens is 319 g/mol. The lowest BCUT2D eigenvalue weighted by Crippen LogP contribution is -2.51. The van der Waals surface area contributed by atoms with E-state index in [-0.39, 0.29) is 30.6 Å². The lowest BCUT2D eigenvalue weighted by Gasteiger charge is -2.37. The lowest BCUT2D eigenvalue weighted by molar-refractivity contribution is -0.137. The minimum absolute atomic E-state index is 0.0748. The minimum atomic E-state index is -4.64. The van der Waals surface area contributed by atoms with E-state index in [2.05, 4.69) is 0 Å². The average Bonchev–Trinajstić information content (AvgIpc) is 2.25. The van der Waals surface area contributed by atoms with Crippen molar-refractivity contribution in [2.45, 2.75) is 11.1 Å². The first-order chi connectivity index (χ1) is 9.16. The van der Waals surface area contributed by atoms with Gasteiger partial charge in [0.2, 0.25) is 10.0 Å². The van der Waals surface area contributed by atoms with E-state index in [4.69, 9.17) is 16.7 Å². The van der Waals surface area contributed by atoms with Gasteiger partial charge in [0, 0.05) is 25.6 Å². The maximum Gasteiger partial charge on any atom is 0.416 e. The van der Waals surface area contributed by atoms with Crippen molar-refractivity contribution < 1.29 is 26.7 Å². The Kier molecular flexibility index (Phi) is 4.03. The van der Waals surface area contributed by atoms with Crippen LogP contribution in [0.2, 0.25) is 5.02 Å². The van der Waals surface area contributed by atoms with Gasteiger partial charge in [0.05, 0.1) is 10.6 Å². The largest absolute Gasteiger partial charge is 0.416 e. The Balaban J connectivity index is 2.37. The summed E-state index contributed by atoms with van der Waals surface area (Å²) >= 11 is 5.70. The van der Waals surface area contributed by atoms with Crippen LogP contribution in [0.3, 0.4) is 0 Å². The normalized spacial score (nSPS) is 18.1. The van der Waals surface area contributed by atoms with Crippen molar-refractivity contribution in [1.82, 2.24) is 4.31 Å². The molecule has 1 heterocycles. The van der Waals surface area contributed by atoms with Gasteiger partial charge in [-0.1, -0.05) is 11.6 Å². The van der Waals surface area contributed by atoms with E-state index in [9.17, 15) is 21.6 Å². The van der Waals surface area contributed by atoms with E-state index in [1.165, 1.54) is 0 Å². The Morgan fingerprint density at radius 3 is 2.45 bits per heavy atom. The Morgan fingerprint density at radius 2 is 1.95 bits per heavy atom. The van der Waals surface area contributed by atoms with Crippen LogP contribution in [0.15, 0.2) is 23.1 Å². The molecule has 0 saturated carbocycles. The van der Waals surface area contributed by atoms with Gasteiger partial charge in [-0.05, 0) is 18.2 Å². The minimum Gasteiger partial charge on any atom is -0.396 e. The van der Waals surface area contributed by atoms with E-state index >= 15 is 0 Å². The van der Waals surface area contributed by atoms with E-state index in [0.717, 1.165) is 16.4 Å². The van der Waals surface area contributed by atoms with Gasteiger partial charge in [0.15, 0.2) is 0 Å². The average molecular weight is 330 g/mol. The SMILES string of the molecule is O=S(=O)(c1cc(C(F)(F)F)ccc1Cl)N1CC(CO)C1. The van der Waals surface area contributed by atoms with Crippen molar-refractivity contribution in [2.24, 2.45) is 5.92 Å².